The Hall–Kier alpha value is -1.49. The standard InChI is InChI=1S/C16H22NO5P/c1-3-4-11-23(20,21)22-12(2)9-10-17-15(18)13-7-5-6-8-14(13)16(17)19/h5-8,12H,3-4,9-11H2,1-2H3,(H,20,21). The zero-order valence-corrected chi connectivity index (χ0v) is 14.3. The highest BCUT2D eigenvalue weighted by atomic mass is 31.2. The lowest BCUT2D eigenvalue weighted by Gasteiger charge is -2.20. The Labute approximate surface area is 136 Å². The molecular formula is C16H22NO5P. The molecular weight excluding hydrogens is 317 g/mol. The summed E-state index contributed by atoms with van der Waals surface area (Å²) in [6.45, 7) is 3.78. The number of nitrogens with zero attached hydrogens (tertiary/aromatic N) is 1. The van der Waals surface area contributed by atoms with E-state index in [9.17, 15) is 19.0 Å². The molecule has 6 nitrogen and oxygen atoms in total. The smallest absolute Gasteiger partial charge is 0.324 e. The van der Waals surface area contributed by atoms with Crippen LogP contribution in [0.15, 0.2) is 24.3 Å². The minimum atomic E-state index is -3.60. The van der Waals surface area contributed by atoms with E-state index in [-0.39, 0.29) is 24.5 Å². The van der Waals surface area contributed by atoms with Gasteiger partial charge in [-0.1, -0.05) is 25.5 Å². The summed E-state index contributed by atoms with van der Waals surface area (Å²) in [5.74, 6) is -0.646. The van der Waals surface area contributed by atoms with Gasteiger partial charge in [0, 0.05) is 12.7 Å². The summed E-state index contributed by atoms with van der Waals surface area (Å²) in [6, 6.07) is 6.69. The second-order valence-corrected chi connectivity index (χ2v) is 7.66. The van der Waals surface area contributed by atoms with Crippen LogP contribution in [0.4, 0.5) is 0 Å². The Morgan fingerprint density at radius 1 is 1.22 bits per heavy atom. The molecule has 1 aliphatic rings. The van der Waals surface area contributed by atoms with E-state index in [4.69, 9.17) is 4.52 Å². The third-order valence-corrected chi connectivity index (χ3v) is 5.35. The summed E-state index contributed by atoms with van der Waals surface area (Å²) >= 11 is 0. The monoisotopic (exact) mass is 339 g/mol. The van der Waals surface area contributed by atoms with Crippen molar-refractivity contribution in [2.75, 3.05) is 12.7 Å². The SMILES string of the molecule is CCCCP(=O)(O)OC(C)CCN1C(=O)c2ccccc2C1=O. The van der Waals surface area contributed by atoms with Crippen molar-refractivity contribution in [2.45, 2.75) is 39.2 Å². The molecule has 2 atom stereocenters. The zero-order valence-electron chi connectivity index (χ0n) is 13.4. The number of unbranched alkanes of at least 4 members (excludes halogenated alkanes) is 1. The maximum Gasteiger partial charge on any atom is 0.328 e. The molecule has 2 rings (SSSR count). The molecule has 0 bridgehead atoms. The molecule has 0 fully saturated rings. The maximum absolute atomic E-state index is 12.2. The van der Waals surface area contributed by atoms with Crippen LogP contribution in [0.1, 0.15) is 53.8 Å². The van der Waals surface area contributed by atoms with Gasteiger partial charge in [-0.05, 0) is 31.9 Å². The van der Waals surface area contributed by atoms with Gasteiger partial charge in [0.05, 0.1) is 17.2 Å². The van der Waals surface area contributed by atoms with Gasteiger partial charge >= 0.3 is 7.60 Å². The molecule has 7 heteroatoms. The van der Waals surface area contributed by atoms with Crippen LogP contribution < -0.4 is 0 Å². The molecule has 0 aromatic heterocycles. The normalized spacial score (nSPS) is 18.0. The first-order valence-corrected chi connectivity index (χ1v) is 9.57. The Balaban J connectivity index is 1.91. The zero-order chi connectivity index (χ0) is 17.0. The fourth-order valence-corrected chi connectivity index (χ4v) is 3.99. The van der Waals surface area contributed by atoms with E-state index in [1.807, 2.05) is 6.92 Å². The fourth-order valence-electron chi connectivity index (χ4n) is 2.50. The van der Waals surface area contributed by atoms with Gasteiger partial charge in [0.15, 0.2) is 0 Å². The van der Waals surface area contributed by atoms with Gasteiger partial charge in [0.25, 0.3) is 11.8 Å². The molecule has 2 unspecified atom stereocenters. The summed E-state index contributed by atoms with van der Waals surface area (Å²) in [5.41, 5.74) is 0.809. The molecule has 126 valence electrons. The maximum atomic E-state index is 12.2. The fraction of sp³-hybridized carbons (Fsp3) is 0.500. The molecule has 0 radical (unpaired) electrons. The molecule has 0 aliphatic carbocycles. The molecule has 1 aromatic carbocycles. The molecule has 23 heavy (non-hydrogen) atoms. The van der Waals surface area contributed by atoms with Crippen molar-refractivity contribution >= 4 is 19.4 Å². The van der Waals surface area contributed by atoms with Crippen molar-refractivity contribution in [1.29, 1.82) is 0 Å². The van der Waals surface area contributed by atoms with E-state index in [0.717, 1.165) is 6.42 Å². The molecule has 2 amide bonds. The molecule has 1 N–H and O–H groups in total. The number of fused-ring (bicyclic) bond motifs is 1. The number of carbonyl (C=O) groups is 2. The van der Waals surface area contributed by atoms with Crippen LogP contribution in [0, 0.1) is 0 Å². The lowest BCUT2D eigenvalue weighted by molar-refractivity contribution is 0.0633. The number of hydrogen-bond acceptors (Lipinski definition) is 4. The predicted molar refractivity (Wildman–Crippen MR) is 86.6 cm³/mol. The topological polar surface area (TPSA) is 83.9 Å². The van der Waals surface area contributed by atoms with Crippen LogP contribution in [0.3, 0.4) is 0 Å². The lowest BCUT2D eigenvalue weighted by Crippen LogP contribution is -2.32. The van der Waals surface area contributed by atoms with E-state index in [0.29, 0.717) is 24.0 Å². The highest BCUT2D eigenvalue weighted by Crippen LogP contribution is 2.44. The summed E-state index contributed by atoms with van der Waals surface area (Å²) < 4.78 is 17.1. The Kier molecular flexibility index (Phi) is 5.74. The lowest BCUT2D eigenvalue weighted by atomic mass is 10.1. The van der Waals surface area contributed by atoms with Crippen molar-refractivity contribution in [3.05, 3.63) is 35.4 Å². The van der Waals surface area contributed by atoms with Gasteiger partial charge < -0.3 is 9.42 Å². The molecule has 1 aliphatic heterocycles. The first-order valence-electron chi connectivity index (χ1n) is 7.81. The highest BCUT2D eigenvalue weighted by molar-refractivity contribution is 7.52. The van der Waals surface area contributed by atoms with Crippen LogP contribution in [0.25, 0.3) is 0 Å². The summed E-state index contributed by atoms with van der Waals surface area (Å²) in [6.07, 6.45) is 1.38. The largest absolute Gasteiger partial charge is 0.328 e. The van der Waals surface area contributed by atoms with E-state index in [1.54, 1.807) is 31.2 Å². The van der Waals surface area contributed by atoms with Gasteiger partial charge in [-0.15, -0.1) is 0 Å². The van der Waals surface area contributed by atoms with Crippen molar-refractivity contribution < 1.29 is 23.6 Å². The van der Waals surface area contributed by atoms with Crippen molar-refractivity contribution in [3.8, 4) is 0 Å². The number of benzene rings is 1. The van der Waals surface area contributed by atoms with Gasteiger partial charge in [0.2, 0.25) is 0 Å². The van der Waals surface area contributed by atoms with Crippen molar-refractivity contribution in [3.63, 3.8) is 0 Å². The first kappa shape index (κ1) is 17.9. The van der Waals surface area contributed by atoms with Gasteiger partial charge in [-0.3, -0.25) is 19.1 Å². The van der Waals surface area contributed by atoms with E-state index >= 15 is 0 Å². The highest BCUT2D eigenvalue weighted by Gasteiger charge is 2.35. The Morgan fingerprint density at radius 3 is 2.30 bits per heavy atom. The third-order valence-electron chi connectivity index (χ3n) is 3.78. The predicted octanol–water partition coefficient (Wildman–Crippen LogP) is 3.06. The van der Waals surface area contributed by atoms with Crippen LogP contribution >= 0.6 is 7.60 Å². The summed E-state index contributed by atoms with van der Waals surface area (Å²) in [4.78, 5) is 35.3. The second-order valence-electron chi connectivity index (χ2n) is 5.73. The number of amides is 2. The average Bonchev–Trinajstić information content (AvgIpc) is 2.75. The molecule has 1 heterocycles. The van der Waals surface area contributed by atoms with Crippen molar-refractivity contribution in [1.82, 2.24) is 4.90 Å². The Bertz CT molecular complexity index is 610. The Morgan fingerprint density at radius 2 is 1.78 bits per heavy atom. The average molecular weight is 339 g/mol. The number of rotatable bonds is 8. The molecule has 0 spiro atoms. The van der Waals surface area contributed by atoms with Crippen LogP contribution in [-0.4, -0.2) is 40.4 Å². The van der Waals surface area contributed by atoms with Crippen LogP contribution in [-0.2, 0) is 9.09 Å². The first-order chi connectivity index (χ1) is 10.9. The minimum absolute atomic E-state index is 0.126. The quantitative estimate of drug-likeness (QED) is 0.581. The molecule has 1 aromatic rings. The van der Waals surface area contributed by atoms with E-state index in [1.165, 1.54) is 4.90 Å². The van der Waals surface area contributed by atoms with Crippen molar-refractivity contribution in [2.24, 2.45) is 0 Å². The van der Waals surface area contributed by atoms with Gasteiger partial charge in [-0.2, -0.15) is 0 Å². The van der Waals surface area contributed by atoms with Gasteiger partial charge in [0.1, 0.15) is 0 Å². The second kappa shape index (κ2) is 7.39. The van der Waals surface area contributed by atoms with Crippen LogP contribution in [0.5, 0.6) is 0 Å². The summed E-state index contributed by atoms with van der Waals surface area (Å²) in [7, 11) is -3.60. The van der Waals surface area contributed by atoms with E-state index < -0.39 is 13.7 Å². The number of carbonyl (C=O) groups excluding carboxylic acids is 2. The van der Waals surface area contributed by atoms with E-state index in [2.05, 4.69) is 0 Å². The summed E-state index contributed by atoms with van der Waals surface area (Å²) in [5, 5.41) is 0. The third kappa shape index (κ3) is 4.28. The van der Waals surface area contributed by atoms with Crippen LogP contribution in [0.2, 0.25) is 0 Å². The number of hydrogen-bond donors (Lipinski definition) is 1. The van der Waals surface area contributed by atoms with Gasteiger partial charge in [-0.25, -0.2) is 0 Å². The molecule has 0 saturated carbocycles. The number of imide groups is 1. The molecule has 0 saturated heterocycles. The minimum Gasteiger partial charge on any atom is -0.324 e.